The molecule has 2 N–H and O–H groups in total. The van der Waals surface area contributed by atoms with Crippen molar-refractivity contribution in [2.75, 3.05) is 0 Å². The third-order valence-electron chi connectivity index (χ3n) is 3.06. The number of nitrogens with zero attached hydrogens (tertiary/aromatic N) is 1. The van der Waals surface area contributed by atoms with Crippen molar-refractivity contribution >= 4 is 10.2 Å². The molecule has 0 aromatic rings. The highest BCUT2D eigenvalue weighted by atomic mass is 32.2. The SMILES string of the molecule is CC1CCC(C#N)(NS(=O)(=O)NC(C)C)CC1. The Morgan fingerprint density at radius 2 is 1.88 bits per heavy atom. The summed E-state index contributed by atoms with van der Waals surface area (Å²) in [4.78, 5) is 0. The van der Waals surface area contributed by atoms with Crippen LogP contribution < -0.4 is 9.44 Å². The van der Waals surface area contributed by atoms with Crippen LogP contribution in [0.15, 0.2) is 0 Å². The summed E-state index contributed by atoms with van der Waals surface area (Å²) in [7, 11) is -3.59. The molecule has 1 aliphatic carbocycles. The minimum Gasteiger partial charge on any atom is -0.200 e. The molecule has 1 aliphatic rings. The van der Waals surface area contributed by atoms with Crippen LogP contribution in [0, 0.1) is 17.2 Å². The van der Waals surface area contributed by atoms with Crippen LogP contribution >= 0.6 is 0 Å². The summed E-state index contributed by atoms with van der Waals surface area (Å²) in [6.45, 7) is 5.63. The maximum Gasteiger partial charge on any atom is 0.278 e. The Bertz CT molecular complexity index is 389. The van der Waals surface area contributed by atoms with E-state index in [1.54, 1.807) is 13.8 Å². The highest BCUT2D eigenvalue weighted by molar-refractivity contribution is 7.87. The molecule has 98 valence electrons. The monoisotopic (exact) mass is 259 g/mol. The molecule has 1 saturated carbocycles. The fraction of sp³-hybridized carbons (Fsp3) is 0.909. The van der Waals surface area contributed by atoms with E-state index >= 15 is 0 Å². The zero-order chi connectivity index (χ0) is 13.1. The third-order valence-corrected chi connectivity index (χ3v) is 4.50. The second kappa shape index (κ2) is 5.34. The molecule has 17 heavy (non-hydrogen) atoms. The number of nitrogens with one attached hydrogen (secondary N) is 2. The van der Waals surface area contributed by atoms with Crippen LogP contribution in [-0.4, -0.2) is 20.0 Å². The smallest absolute Gasteiger partial charge is 0.200 e. The van der Waals surface area contributed by atoms with Crippen molar-refractivity contribution in [1.29, 1.82) is 5.26 Å². The van der Waals surface area contributed by atoms with E-state index in [0.29, 0.717) is 18.8 Å². The first-order valence-corrected chi connectivity index (χ1v) is 7.49. The summed E-state index contributed by atoms with van der Waals surface area (Å²) in [6.07, 6.45) is 2.95. The average Bonchev–Trinajstić information content (AvgIpc) is 2.19. The highest BCUT2D eigenvalue weighted by Crippen LogP contribution is 2.31. The third kappa shape index (κ3) is 4.26. The van der Waals surface area contributed by atoms with Crippen molar-refractivity contribution in [3.63, 3.8) is 0 Å². The summed E-state index contributed by atoms with van der Waals surface area (Å²) in [5.74, 6) is 0.569. The second-order valence-corrected chi connectivity index (χ2v) is 6.70. The maximum absolute atomic E-state index is 11.8. The zero-order valence-electron chi connectivity index (χ0n) is 10.7. The van der Waals surface area contributed by atoms with Crippen LogP contribution in [-0.2, 0) is 10.2 Å². The molecule has 0 unspecified atom stereocenters. The molecule has 0 amide bonds. The molecular weight excluding hydrogens is 238 g/mol. The largest absolute Gasteiger partial charge is 0.278 e. The van der Waals surface area contributed by atoms with E-state index in [0.717, 1.165) is 12.8 Å². The Balaban J connectivity index is 2.74. The molecule has 0 saturated heterocycles. The van der Waals surface area contributed by atoms with E-state index in [9.17, 15) is 13.7 Å². The van der Waals surface area contributed by atoms with Gasteiger partial charge in [-0.2, -0.15) is 23.1 Å². The van der Waals surface area contributed by atoms with Gasteiger partial charge in [-0.05, 0) is 45.4 Å². The lowest BCUT2D eigenvalue weighted by molar-refractivity contribution is 0.277. The lowest BCUT2D eigenvalue weighted by Gasteiger charge is -2.34. The number of nitriles is 1. The number of rotatable bonds is 4. The molecule has 5 nitrogen and oxygen atoms in total. The number of hydrogen-bond acceptors (Lipinski definition) is 3. The molecule has 0 bridgehead atoms. The Labute approximate surface area is 104 Å². The van der Waals surface area contributed by atoms with Crippen LogP contribution in [0.5, 0.6) is 0 Å². The summed E-state index contributed by atoms with van der Waals surface area (Å²) in [5, 5.41) is 9.22. The normalized spacial score (nSPS) is 30.2. The Kier molecular flexibility index (Phi) is 4.53. The Morgan fingerprint density at radius 3 is 2.29 bits per heavy atom. The van der Waals surface area contributed by atoms with Crippen LogP contribution in [0.1, 0.15) is 46.5 Å². The fourth-order valence-corrected chi connectivity index (χ4v) is 3.53. The van der Waals surface area contributed by atoms with Gasteiger partial charge in [-0.25, -0.2) is 0 Å². The highest BCUT2D eigenvalue weighted by Gasteiger charge is 2.37. The predicted molar refractivity (Wildman–Crippen MR) is 66.3 cm³/mol. The van der Waals surface area contributed by atoms with Crippen LogP contribution in [0.2, 0.25) is 0 Å². The molecule has 0 radical (unpaired) electrons. The van der Waals surface area contributed by atoms with Gasteiger partial charge < -0.3 is 0 Å². The molecule has 0 heterocycles. The van der Waals surface area contributed by atoms with Crippen molar-refractivity contribution in [2.45, 2.75) is 58.0 Å². The first-order valence-electron chi connectivity index (χ1n) is 6.01. The lowest BCUT2D eigenvalue weighted by atomic mass is 9.79. The minimum absolute atomic E-state index is 0.175. The van der Waals surface area contributed by atoms with Crippen LogP contribution in [0.25, 0.3) is 0 Å². The first-order chi connectivity index (χ1) is 7.79. The van der Waals surface area contributed by atoms with E-state index in [1.807, 2.05) is 0 Å². The topological polar surface area (TPSA) is 82.0 Å². The summed E-state index contributed by atoms with van der Waals surface area (Å²) in [6, 6.07) is 1.96. The molecule has 1 fully saturated rings. The van der Waals surface area contributed by atoms with Gasteiger partial charge in [-0.3, -0.25) is 0 Å². The summed E-state index contributed by atoms with van der Waals surface area (Å²) >= 11 is 0. The van der Waals surface area contributed by atoms with Gasteiger partial charge in [-0.15, -0.1) is 0 Å². The van der Waals surface area contributed by atoms with Crippen molar-refractivity contribution in [3.05, 3.63) is 0 Å². The van der Waals surface area contributed by atoms with E-state index in [1.165, 1.54) is 0 Å². The molecule has 6 heteroatoms. The Morgan fingerprint density at radius 1 is 1.35 bits per heavy atom. The molecule has 0 spiro atoms. The zero-order valence-corrected chi connectivity index (χ0v) is 11.5. The number of hydrogen-bond donors (Lipinski definition) is 2. The molecule has 0 aliphatic heterocycles. The summed E-state index contributed by atoms with van der Waals surface area (Å²) < 4.78 is 28.5. The van der Waals surface area contributed by atoms with Gasteiger partial charge in [0.25, 0.3) is 10.2 Å². The lowest BCUT2D eigenvalue weighted by Crippen LogP contribution is -2.54. The van der Waals surface area contributed by atoms with Crippen molar-refractivity contribution in [3.8, 4) is 6.07 Å². The van der Waals surface area contributed by atoms with Crippen molar-refractivity contribution in [2.24, 2.45) is 5.92 Å². The molecule has 0 aromatic carbocycles. The maximum atomic E-state index is 11.8. The quantitative estimate of drug-likeness (QED) is 0.798. The van der Waals surface area contributed by atoms with Gasteiger partial charge in [-0.1, -0.05) is 6.92 Å². The van der Waals surface area contributed by atoms with E-state index in [-0.39, 0.29) is 6.04 Å². The van der Waals surface area contributed by atoms with Gasteiger partial charge >= 0.3 is 0 Å². The minimum atomic E-state index is -3.59. The fourth-order valence-electron chi connectivity index (χ4n) is 2.09. The average molecular weight is 259 g/mol. The van der Waals surface area contributed by atoms with E-state index < -0.39 is 15.7 Å². The molecular formula is C11H21N3O2S. The summed E-state index contributed by atoms with van der Waals surface area (Å²) in [5.41, 5.74) is -0.923. The Hall–Kier alpha value is -0.640. The van der Waals surface area contributed by atoms with E-state index in [4.69, 9.17) is 0 Å². The van der Waals surface area contributed by atoms with E-state index in [2.05, 4.69) is 22.4 Å². The second-order valence-electron chi connectivity index (χ2n) is 5.25. The standard InChI is InChI=1S/C11H21N3O2S/c1-9(2)13-17(15,16)14-11(8-12)6-4-10(3)5-7-11/h9-10,13-14H,4-7H2,1-3H3. The van der Waals surface area contributed by atoms with Crippen molar-refractivity contribution < 1.29 is 8.42 Å². The molecule has 1 rings (SSSR count). The van der Waals surface area contributed by atoms with Gasteiger partial charge in [0.15, 0.2) is 0 Å². The molecule has 0 atom stereocenters. The van der Waals surface area contributed by atoms with Crippen LogP contribution in [0.4, 0.5) is 0 Å². The van der Waals surface area contributed by atoms with Gasteiger partial charge in [0.05, 0.1) is 6.07 Å². The van der Waals surface area contributed by atoms with Gasteiger partial charge in [0, 0.05) is 6.04 Å². The van der Waals surface area contributed by atoms with Crippen LogP contribution in [0.3, 0.4) is 0 Å². The van der Waals surface area contributed by atoms with Gasteiger partial charge in [0.1, 0.15) is 5.54 Å². The van der Waals surface area contributed by atoms with Crippen molar-refractivity contribution in [1.82, 2.24) is 9.44 Å². The first kappa shape index (κ1) is 14.4. The predicted octanol–water partition coefficient (Wildman–Crippen LogP) is 1.29. The molecule has 0 aromatic heterocycles. The van der Waals surface area contributed by atoms with Gasteiger partial charge in [0.2, 0.25) is 0 Å².